The van der Waals surface area contributed by atoms with Crippen LogP contribution in [0.5, 0.6) is 0 Å². The Hall–Kier alpha value is -3.58. The maximum atomic E-state index is 12.7. The van der Waals surface area contributed by atoms with E-state index in [0.717, 1.165) is 33.8 Å². The number of carbonyl (C=O) groups excluding carboxylic acids is 1. The fourth-order valence-corrected chi connectivity index (χ4v) is 3.65. The minimum absolute atomic E-state index is 0.0775. The molecule has 3 aromatic rings. The zero-order valence-corrected chi connectivity index (χ0v) is 17.5. The number of hydrogen-bond acceptors (Lipinski definition) is 2. The molecule has 0 fully saturated rings. The quantitative estimate of drug-likeness (QED) is 0.473. The largest absolute Gasteiger partial charge is 0.321 e. The van der Waals surface area contributed by atoms with Crippen LogP contribution in [0.25, 0.3) is 11.8 Å². The lowest BCUT2D eigenvalue weighted by Gasteiger charge is -2.10. The van der Waals surface area contributed by atoms with Gasteiger partial charge in [-0.3, -0.25) is 4.79 Å². The van der Waals surface area contributed by atoms with Crippen LogP contribution in [0, 0.1) is 45.9 Å². The second-order valence-corrected chi connectivity index (χ2v) is 7.50. The molecule has 29 heavy (non-hydrogen) atoms. The average Bonchev–Trinajstić information content (AvgIpc) is 2.92. The van der Waals surface area contributed by atoms with Crippen LogP contribution in [-0.2, 0) is 4.79 Å². The molecule has 0 unspecified atom stereocenters. The van der Waals surface area contributed by atoms with Crippen molar-refractivity contribution < 1.29 is 4.79 Å². The summed E-state index contributed by atoms with van der Waals surface area (Å²) in [5, 5.41) is 12.4. The van der Waals surface area contributed by atoms with Crippen LogP contribution in [0.3, 0.4) is 0 Å². The number of aryl methyl sites for hydroxylation is 4. The predicted octanol–water partition coefficient (Wildman–Crippen LogP) is 5.57. The number of carbonyl (C=O) groups is 1. The van der Waals surface area contributed by atoms with Gasteiger partial charge in [-0.1, -0.05) is 18.2 Å². The Balaban J connectivity index is 1.94. The van der Waals surface area contributed by atoms with Crippen LogP contribution in [0.2, 0.25) is 0 Å². The van der Waals surface area contributed by atoms with Gasteiger partial charge in [0.15, 0.2) is 0 Å². The van der Waals surface area contributed by atoms with E-state index in [9.17, 15) is 10.1 Å². The number of aromatic nitrogens is 1. The van der Waals surface area contributed by atoms with Gasteiger partial charge in [0.25, 0.3) is 5.91 Å². The molecule has 2 aromatic carbocycles. The van der Waals surface area contributed by atoms with Crippen molar-refractivity contribution in [2.45, 2.75) is 34.6 Å². The van der Waals surface area contributed by atoms with Crippen LogP contribution in [0.1, 0.15) is 33.6 Å². The lowest BCUT2D eigenvalue weighted by molar-refractivity contribution is -0.112. The number of nitrogens with zero attached hydrogens (tertiary/aromatic N) is 2. The van der Waals surface area contributed by atoms with Crippen molar-refractivity contribution in [2.75, 3.05) is 5.32 Å². The fraction of sp³-hybridized carbons (Fsp3) is 0.200. The van der Waals surface area contributed by atoms with Crippen molar-refractivity contribution in [1.82, 2.24) is 4.57 Å². The monoisotopic (exact) mass is 383 g/mol. The molecule has 1 aromatic heterocycles. The molecule has 0 aliphatic heterocycles. The minimum Gasteiger partial charge on any atom is -0.321 e. The summed E-state index contributed by atoms with van der Waals surface area (Å²) >= 11 is 0. The fourth-order valence-electron chi connectivity index (χ4n) is 3.65. The highest BCUT2D eigenvalue weighted by Crippen LogP contribution is 2.24. The van der Waals surface area contributed by atoms with Crippen LogP contribution in [-0.4, -0.2) is 10.5 Å². The third-order valence-corrected chi connectivity index (χ3v) is 4.87. The second kappa shape index (κ2) is 8.20. The number of rotatable bonds is 4. The maximum absolute atomic E-state index is 12.7. The Morgan fingerprint density at radius 2 is 1.66 bits per heavy atom. The molecular weight excluding hydrogens is 358 g/mol. The highest BCUT2D eigenvalue weighted by molar-refractivity contribution is 6.09. The lowest BCUT2D eigenvalue weighted by atomic mass is 10.1. The average molecular weight is 383 g/mol. The van der Waals surface area contributed by atoms with E-state index in [4.69, 9.17) is 0 Å². The minimum atomic E-state index is -0.405. The van der Waals surface area contributed by atoms with Gasteiger partial charge in [-0.15, -0.1) is 0 Å². The Morgan fingerprint density at radius 1 is 0.966 bits per heavy atom. The van der Waals surface area contributed by atoms with Gasteiger partial charge in [-0.25, -0.2) is 0 Å². The number of amides is 1. The van der Waals surface area contributed by atoms with Crippen molar-refractivity contribution in [3.63, 3.8) is 0 Å². The first-order valence-corrected chi connectivity index (χ1v) is 9.56. The van der Waals surface area contributed by atoms with E-state index in [1.54, 1.807) is 6.08 Å². The molecule has 4 heteroatoms. The summed E-state index contributed by atoms with van der Waals surface area (Å²) in [5.41, 5.74) is 8.03. The molecule has 0 spiro atoms. The van der Waals surface area contributed by atoms with E-state index >= 15 is 0 Å². The summed E-state index contributed by atoms with van der Waals surface area (Å²) in [5.74, 6) is -0.405. The molecule has 0 atom stereocenters. The number of benzene rings is 2. The molecule has 0 bridgehead atoms. The lowest BCUT2D eigenvalue weighted by Crippen LogP contribution is -2.13. The zero-order chi connectivity index (χ0) is 21.1. The van der Waals surface area contributed by atoms with E-state index < -0.39 is 5.91 Å². The second-order valence-electron chi connectivity index (χ2n) is 7.50. The van der Waals surface area contributed by atoms with Crippen molar-refractivity contribution in [3.8, 4) is 11.8 Å². The van der Waals surface area contributed by atoms with Crippen LogP contribution < -0.4 is 5.32 Å². The molecule has 0 saturated heterocycles. The Kier molecular flexibility index (Phi) is 5.70. The van der Waals surface area contributed by atoms with E-state index in [1.165, 1.54) is 5.56 Å². The van der Waals surface area contributed by atoms with E-state index in [-0.39, 0.29) is 5.57 Å². The molecule has 1 N–H and O–H groups in total. The van der Waals surface area contributed by atoms with Gasteiger partial charge in [0.2, 0.25) is 0 Å². The standard InChI is InChI=1S/C25H25N3O/c1-16-7-6-8-24(12-16)28-19(4)13-21(20(28)5)14-22(15-26)25(29)27-23-10-17(2)9-18(3)11-23/h6-14H,1-5H3,(H,27,29)/b22-14-. The molecule has 4 nitrogen and oxygen atoms in total. The Labute approximate surface area is 172 Å². The van der Waals surface area contributed by atoms with E-state index in [1.807, 2.05) is 64.1 Å². The third kappa shape index (κ3) is 4.47. The van der Waals surface area contributed by atoms with E-state index in [2.05, 4.69) is 35.0 Å². The predicted molar refractivity (Wildman–Crippen MR) is 118 cm³/mol. The van der Waals surface area contributed by atoms with Crippen molar-refractivity contribution in [3.05, 3.63) is 87.7 Å². The van der Waals surface area contributed by atoms with Crippen molar-refractivity contribution >= 4 is 17.7 Å². The van der Waals surface area contributed by atoms with Crippen LogP contribution in [0.15, 0.2) is 54.1 Å². The van der Waals surface area contributed by atoms with Gasteiger partial charge in [0.1, 0.15) is 11.6 Å². The summed E-state index contributed by atoms with van der Waals surface area (Å²) in [6.45, 7) is 10.0. The molecular formula is C25H25N3O. The molecule has 3 rings (SSSR count). The van der Waals surface area contributed by atoms with Crippen LogP contribution in [0.4, 0.5) is 5.69 Å². The Morgan fingerprint density at radius 3 is 2.28 bits per heavy atom. The summed E-state index contributed by atoms with van der Waals surface area (Å²) in [4.78, 5) is 12.7. The zero-order valence-electron chi connectivity index (χ0n) is 17.5. The summed E-state index contributed by atoms with van der Waals surface area (Å²) in [7, 11) is 0. The highest BCUT2D eigenvalue weighted by Gasteiger charge is 2.14. The van der Waals surface area contributed by atoms with Gasteiger partial charge < -0.3 is 9.88 Å². The highest BCUT2D eigenvalue weighted by atomic mass is 16.1. The third-order valence-electron chi connectivity index (χ3n) is 4.87. The molecule has 1 amide bonds. The van der Waals surface area contributed by atoms with E-state index in [0.29, 0.717) is 5.69 Å². The number of hydrogen-bond donors (Lipinski definition) is 1. The molecule has 1 heterocycles. The molecule has 0 radical (unpaired) electrons. The molecule has 0 saturated carbocycles. The first-order valence-electron chi connectivity index (χ1n) is 9.56. The molecule has 0 aliphatic rings. The topological polar surface area (TPSA) is 57.8 Å². The van der Waals surface area contributed by atoms with Gasteiger partial charge in [0.05, 0.1) is 0 Å². The first-order chi connectivity index (χ1) is 13.8. The number of nitriles is 1. The van der Waals surface area contributed by atoms with Gasteiger partial charge >= 0.3 is 0 Å². The number of nitrogens with one attached hydrogen (secondary N) is 1. The van der Waals surface area contributed by atoms with Gasteiger partial charge in [-0.05, 0) is 93.3 Å². The first kappa shape index (κ1) is 20.2. The number of anilines is 1. The van der Waals surface area contributed by atoms with Crippen molar-refractivity contribution in [2.24, 2.45) is 0 Å². The van der Waals surface area contributed by atoms with Crippen molar-refractivity contribution in [1.29, 1.82) is 5.26 Å². The normalized spacial score (nSPS) is 11.2. The summed E-state index contributed by atoms with van der Waals surface area (Å²) in [6, 6.07) is 18.1. The maximum Gasteiger partial charge on any atom is 0.266 e. The summed E-state index contributed by atoms with van der Waals surface area (Å²) in [6.07, 6.45) is 1.66. The molecule has 146 valence electrons. The summed E-state index contributed by atoms with van der Waals surface area (Å²) < 4.78 is 2.13. The Bertz CT molecular complexity index is 1140. The van der Waals surface area contributed by atoms with Gasteiger partial charge in [-0.2, -0.15) is 5.26 Å². The van der Waals surface area contributed by atoms with Crippen LogP contribution >= 0.6 is 0 Å². The SMILES string of the molecule is Cc1cc(C)cc(NC(=O)/C(C#N)=C\c2cc(C)n(-c3cccc(C)c3)c2C)c1. The van der Waals surface area contributed by atoms with Gasteiger partial charge in [0, 0.05) is 22.8 Å². The molecule has 0 aliphatic carbocycles. The smallest absolute Gasteiger partial charge is 0.266 e.